The number of alkyl halides is 1. The molecule has 1 fully saturated rings. The summed E-state index contributed by atoms with van der Waals surface area (Å²) >= 11 is 0. The van der Waals surface area contributed by atoms with E-state index in [0.717, 1.165) is 36.9 Å². The van der Waals surface area contributed by atoms with Crippen LogP contribution >= 0.6 is 0 Å². The van der Waals surface area contributed by atoms with Crippen LogP contribution in [0.25, 0.3) is 11.3 Å². The molecule has 0 amide bonds. The highest BCUT2D eigenvalue weighted by atomic mass is 19.1. The smallest absolute Gasteiger partial charge is 0.151 e. The van der Waals surface area contributed by atoms with Crippen molar-refractivity contribution in [2.75, 3.05) is 32.5 Å². The first-order valence-corrected chi connectivity index (χ1v) is 8.89. The molecule has 1 aromatic heterocycles. The Morgan fingerprint density at radius 1 is 1.27 bits per heavy atom. The van der Waals surface area contributed by atoms with E-state index in [0.29, 0.717) is 36.8 Å². The molecule has 6 nitrogen and oxygen atoms in total. The number of rotatable bonds is 1. The topological polar surface area (TPSA) is 84.5 Å². The molecular formula is C19H25FN4O2. The summed E-state index contributed by atoms with van der Waals surface area (Å²) in [4.78, 5) is 2.04. The fourth-order valence-electron chi connectivity index (χ4n) is 3.29. The van der Waals surface area contributed by atoms with Gasteiger partial charge in [0.25, 0.3) is 0 Å². The number of hydrogen-bond acceptors (Lipinski definition) is 6. The molecule has 0 saturated carbocycles. The first-order valence-electron chi connectivity index (χ1n) is 8.89. The summed E-state index contributed by atoms with van der Waals surface area (Å²) in [7, 11) is 1.96. The molecule has 0 bridgehead atoms. The summed E-state index contributed by atoms with van der Waals surface area (Å²) in [5.41, 5.74) is 9.10. The number of aromatic nitrogens is 2. The van der Waals surface area contributed by atoms with Crippen LogP contribution in [0.4, 0.5) is 10.2 Å². The van der Waals surface area contributed by atoms with Crippen molar-refractivity contribution in [3.63, 3.8) is 0 Å². The third-order valence-corrected chi connectivity index (χ3v) is 4.69. The lowest BCUT2D eigenvalue weighted by atomic mass is 9.98. The zero-order valence-electron chi connectivity index (χ0n) is 15.0. The molecule has 0 radical (unpaired) electrons. The highest BCUT2D eigenvalue weighted by molar-refractivity contribution is 5.71. The highest BCUT2D eigenvalue weighted by Gasteiger charge is 2.21. The Hall–Kier alpha value is -2.25. The standard InChI is InChI=1S/C13H13N3O2.C6H12FN/c14-13-10-7-18-6-5-8(10)12(15-16-13)9-3-1-2-4-11(9)17;1-8-4-2-3-6(7)5-8/h1-4,17H,5-7H2,(H2,14,16);6H,2-5H2,1H3. The van der Waals surface area contributed by atoms with E-state index in [1.807, 2.05) is 24.1 Å². The van der Waals surface area contributed by atoms with Gasteiger partial charge in [-0.2, -0.15) is 0 Å². The van der Waals surface area contributed by atoms with Crippen molar-refractivity contribution < 1.29 is 14.2 Å². The Morgan fingerprint density at radius 3 is 2.77 bits per heavy atom. The van der Waals surface area contributed by atoms with Crippen LogP contribution in [0.5, 0.6) is 5.75 Å². The number of phenolic OH excluding ortho intramolecular Hbond substituents is 1. The summed E-state index contributed by atoms with van der Waals surface area (Å²) in [5, 5.41) is 18.0. The number of para-hydroxylation sites is 1. The van der Waals surface area contributed by atoms with Crippen molar-refractivity contribution >= 4 is 5.82 Å². The van der Waals surface area contributed by atoms with Gasteiger partial charge in [-0.25, -0.2) is 4.39 Å². The van der Waals surface area contributed by atoms with E-state index in [1.54, 1.807) is 12.1 Å². The molecule has 26 heavy (non-hydrogen) atoms. The third kappa shape index (κ3) is 4.28. The van der Waals surface area contributed by atoms with Gasteiger partial charge in [-0.1, -0.05) is 12.1 Å². The molecule has 1 atom stereocenters. The fraction of sp³-hybridized carbons (Fsp3) is 0.474. The van der Waals surface area contributed by atoms with Crippen LogP contribution in [0.3, 0.4) is 0 Å². The number of aromatic hydroxyl groups is 1. The Morgan fingerprint density at radius 2 is 2.08 bits per heavy atom. The van der Waals surface area contributed by atoms with Gasteiger partial charge in [-0.15, -0.1) is 10.2 Å². The Labute approximate surface area is 152 Å². The number of phenols is 1. The summed E-state index contributed by atoms with van der Waals surface area (Å²) in [6.45, 7) is 2.80. The van der Waals surface area contributed by atoms with Gasteiger partial charge < -0.3 is 20.5 Å². The monoisotopic (exact) mass is 360 g/mol. The minimum Gasteiger partial charge on any atom is -0.507 e. The third-order valence-electron chi connectivity index (χ3n) is 4.69. The molecule has 0 spiro atoms. The van der Waals surface area contributed by atoms with Crippen LogP contribution < -0.4 is 5.73 Å². The highest BCUT2D eigenvalue weighted by Crippen LogP contribution is 2.33. The molecule has 0 aliphatic carbocycles. The minimum absolute atomic E-state index is 0.199. The van der Waals surface area contributed by atoms with Crippen molar-refractivity contribution in [1.29, 1.82) is 0 Å². The zero-order chi connectivity index (χ0) is 18.5. The quantitative estimate of drug-likeness (QED) is 0.813. The predicted molar refractivity (Wildman–Crippen MR) is 98.5 cm³/mol. The lowest BCUT2D eigenvalue weighted by Crippen LogP contribution is -2.32. The van der Waals surface area contributed by atoms with E-state index in [2.05, 4.69) is 10.2 Å². The van der Waals surface area contributed by atoms with Crippen LogP contribution in [-0.2, 0) is 17.8 Å². The van der Waals surface area contributed by atoms with E-state index < -0.39 is 6.17 Å². The number of nitrogens with two attached hydrogens (primary N) is 1. The maximum absolute atomic E-state index is 12.4. The van der Waals surface area contributed by atoms with E-state index >= 15 is 0 Å². The Kier molecular flexibility index (Phi) is 6.00. The second kappa shape index (κ2) is 8.42. The van der Waals surface area contributed by atoms with E-state index in [9.17, 15) is 9.50 Å². The fourth-order valence-corrected chi connectivity index (χ4v) is 3.29. The van der Waals surface area contributed by atoms with E-state index in [1.165, 1.54) is 0 Å². The number of fused-ring (bicyclic) bond motifs is 1. The summed E-state index contributed by atoms with van der Waals surface area (Å²) in [5.74, 6) is 0.606. The van der Waals surface area contributed by atoms with Crippen molar-refractivity contribution in [2.24, 2.45) is 0 Å². The SMILES string of the molecule is CN1CCCC(F)C1.Nc1nnc(-c2ccccc2O)c2c1COCC2. The summed E-state index contributed by atoms with van der Waals surface area (Å²) < 4.78 is 17.8. The number of likely N-dealkylation sites (tertiary alicyclic amines) is 1. The molecule has 2 aliphatic rings. The molecular weight excluding hydrogens is 335 g/mol. The maximum Gasteiger partial charge on any atom is 0.151 e. The van der Waals surface area contributed by atoms with Gasteiger partial charge in [-0.05, 0) is 50.6 Å². The molecule has 140 valence electrons. The van der Waals surface area contributed by atoms with Crippen LogP contribution in [0.15, 0.2) is 24.3 Å². The Balaban J connectivity index is 0.000000206. The maximum atomic E-state index is 12.4. The average Bonchev–Trinajstić information content (AvgIpc) is 2.64. The van der Waals surface area contributed by atoms with Gasteiger partial charge in [-0.3, -0.25) is 0 Å². The van der Waals surface area contributed by atoms with Gasteiger partial charge in [0.15, 0.2) is 5.82 Å². The first kappa shape index (κ1) is 18.5. The second-order valence-corrected chi connectivity index (χ2v) is 6.71. The number of piperidine rings is 1. The van der Waals surface area contributed by atoms with Crippen LogP contribution in [-0.4, -0.2) is 53.1 Å². The van der Waals surface area contributed by atoms with E-state index in [-0.39, 0.29) is 5.75 Å². The Bertz CT molecular complexity index is 748. The molecule has 2 aliphatic heterocycles. The van der Waals surface area contributed by atoms with Crippen molar-refractivity contribution in [1.82, 2.24) is 15.1 Å². The average molecular weight is 360 g/mol. The molecule has 1 aromatic carbocycles. The summed E-state index contributed by atoms with van der Waals surface area (Å²) in [6.07, 6.45) is 1.97. The molecule has 3 N–H and O–H groups in total. The largest absolute Gasteiger partial charge is 0.507 e. The number of nitrogen functional groups attached to an aromatic ring is 1. The van der Waals surface area contributed by atoms with Gasteiger partial charge in [0, 0.05) is 17.7 Å². The van der Waals surface area contributed by atoms with Crippen LogP contribution in [0.2, 0.25) is 0 Å². The molecule has 1 saturated heterocycles. The molecule has 7 heteroatoms. The van der Waals surface area contributed by atoms with Crippen molar-refractivity contribution in [3.8, 4) is 17.0 Å². The predicted octanol–water partition coefficient (Wildman–Crippen LogP) is 2.55. The van der Waals surface area contributed by atoms with Crippen molar-refractivity contribution in [3.05, 3.63) is 35.4 Å². The lowest BCUT2D eigenvalue weighted by molar-refractivity contribution is 0.111. The molecule has 1 unspecified atom stereocenters. The lowest BCUT2D eigenvalue weighted by Gasteiger charge is -2.24. The van der Waals surface area contributed by atoms with Gasteiger partial charge in [0.1, 0.15) is 17.6 Å². The van der Waals surface area contributed by atoms with Gasteiger partial charge in [0.2, 0.25) is 0 Å². The van der Waals surface area contributed by atoms with Gasteiger partial charge >= 0.3 is 0 Å². The number of benzene rings is 1. The van der Waals surface area contributed by atoms with Crippen molar-refractivity contribution in [2.45, 2.75) is 32.0 Å². The van der Waals surface area contributed by atoms with E-state index in [4.69, 9.17) is 10.5 Å². The number of halogens is 1. The molecule has 3 heterocycles. The molecule has 4 rings (SSSR count). The zero-order valence-corrected chi connectivity index (χ0v) is 15.0. The number of nitrogens with zero attached hydrogens (tertiary/aromatic N) is 3. The van der Waals surface area contributed by atoms with Crippen LogP contribution in [0, 0.1) is 0 Å². The number of anilines is 1. The number of hydrogen-bond donors (Lipinski definition) is 2. The normalized spacial score (nSPS) is 20.0. The first-order chi connectivity index (χ1) is 12.6. The molecule has 2 aromatic rings. The minimum atomic E-state index is -0.561. The van der Waals surface area contributed by atoms with Crippen LogP contribution in [0.1, 0.15) is 24.0 Å². The van der Waals surface area contributed by atoms with Gasteiger partial charge in [0.05, 0.1) is 13.2 Å². The second-order valence-electron chi connectivity index (χ2n) is 6.71. The number of ether oxygens (including phenoxy) is 1. The summed E-state index contributed by atoms with van der Waals surface area (Å²) in [6, 6.07) is 7.10.